The van der Waals surface area contributed by atoms with Crippen LogP contribution in [0.1, 0.15) is 5.56 Å². The number of aromatic nitrogens is 1. The molecule has 1 aromatic heterocycles. The lowest BCUT2D eigenvalue weighted by molar-refractivity contribution is 0.306. The maximum absolute atomic E-state index is 11.2. The second kappa shape index (κ2) is 5.71. The number of nitrogens with one attached hydrogen (secondary N) is 1. The summed E-state index contributed by atoms with van der Waals surface area (Å²) in [4.78, 5) is 14.0. The van der Waals surface area contributed by atoms with Gasteiger partial charge in [-0.25, -0.2) is 0 Å². The Morgan fingerprint density at radius 2 is 1.71 bits per heavy atom. The van der Waals surface area contributed by atoms with Crippen molar-refractivity contribution in [1.82, 2.24) is 4.98 Å². The molecular formula is C17H15NO3. The van der Waals surface area contributed by atoms with E-state index in [1.807, 2.05) is 42.5 Å². The van der Waals surface area contributed by atoms with Crippen LogP contribution in [0.2, 0.25) is 0 Å². The van der Waals surface area contributed by atoms with Crippen molar-refractivity contribution in [3.05, 3.63) is 70.5 Å². The Bertz CT molecular complexity index is 806. The Labute approximate surface area is 122 Å². The van der Waals surface area contributed by atoms with Gasteiger partial charge in [-0.15, -0.1) is 0 Å². The van der Waals surface area contributed by atoms with Gasteiger partial charge in [0.25, 0.3) is 0 Å². The Hall–Kier alpha value is -2.75. The summed E-state index contributed by atoms with van der Waals surface area (Å²) in [5, 5.41) is 0.946. The predicted molar refractivity (Wildman–Crippen MR) is 81.9 cm³/mol. The number of methoxy groups -OCH3 is 1. The van der Waals surface area contributed by atoms with Crippen LogP contribution in [0.3, 0.4) is 0 Å². The Balaban J connectivity index is 1.75. The van der Waals surface area contributed by atoms with E-state index in [-0.39, 0.29) is 5.56 Å². The lowest BCUT2D eigenvalue weighted by Crippen LogP contribution is -2.02. The number of ether oxygens (including phenoxy) is 2. The van der Waals surface area contributed by atoms with Crippen molar-refractivity contribution in [2.75, 3.05) is 7.11 Å². The highest BCUT2D eigenvalue weighted by atomic mass is 16.5. The SMILES string of the molecule is COc1ccc(COc2ccc3[nH]c(=O)ccc3c2)cc1. The monoisotopic (exact) mass is 281 g/mol. The number of aromatic amines is 1. The Morgan fingerprint density at radius 3 is 2.48 bits per heavy atom. The first-order valence-electron chi connectivity index (χ1n) is 6.63. The fraction of sp³-hybridized carbons (Fsp3) is 0.118. The minimum Gasteiger partial charge on any atom is -0.497 e. The third-order valence-electron chi connectivity index (χ3n) is 3.26. The van der Waals surface area contributed by atoms with Gasteiger partial charge in [0.2, 0.25) is 5.56 Å². The molecule has 0 amide bonds. The molecule has 0 fully saturated rings. The first kappa shape index (κ1) is 13.2. The second-order valence-electron chi connectivity index (χ2n) is 4.71. The highest BCUT2D eigenvalue weighted by Crippen LogP contribution is 2.20. The smallest absolute Gasteiger partial charge is 0.248 e. The molecule has 3 rings (SSSR count). The molecule has 0 saturated carbocycles. The number of pyridine rings is 1. The van der Waals surface area contributed by atoms with Gasteiger partial charge in [-0.3, -0.25) is 4.79 Å². The van der Waals surface area contributed by atoms with Gasteiger partial charge in [0, 0.05) is 17.0 Å². The zero-order chi connectivity index (χ0) is 14.7. The lowest BCUT2D eigenvalue weighted by Gasteiger charge is -2.08. The molecule has 0 bridgehead atoms. The summed E-state index contributed by atoms with van der Waals surface area (Å²) in [6.45, 7) is 0.485. The van der Waals surface area contributed by atoms with Crippen molar-refractivity contribution >= 4 is 10.9 Å². The average Bonchev–Trinajstić information content (AvgIpc) is 2.53. The maximum Gasteiger partial charge on any atom is 0.248 e. The maximum atomic E-state index is 11.2. The normalized spacial score (nSPS) is 10.5. The molecule has 4 heteroatoms. The van der Waals surface area contributed by atoms with Crippen LogP contribution in [0.25, 0.3) is 10.9 Å². The number of rotatable bonds is 4. The zero-order valence-electron chi connectivity index (χ0n) is 11.6. The fourth-order valence-corrected chi connectivity index (χ4v) is 2.11. The third-order valence-corrected chi connectivity index (χ3v) is 3.26. The molecule has 106 valence electrons. The van der Waals surface area contributed by atoms with Crippen LogP contribution in [0, 0.1) is 0 Å². The molecule has 0 unspecified atom stereocenters. The second-order valence-corrected chi connectivity index (χ2v) is 4.71. The number of benzene rings is 2. The van der Waals surface area contributed by atoms with E-state index in [2.05, 4.69) is 4.98 Å². The van der Waals surface area contributed by atoms with Crippen molar-refractivity contribution < 1.29 is 9.47 Å². The van der Waals surface area contributed by atoms with Gasteiger partial charge in [0.15, 0.2) is 0 Å². The van der Waals surface area contributed by atoms with E-state index in [9.17, 15) is 4.79 Å². The van der Waals surface area contributed by atoms with Crippen LogP contribution >= 0.6 is 0 Å². The summed E-state index contributed by atoms with van der Waals surface area (Å²) >= 11 is 0. The molecule has 1 heterocycles. The van der Waals surface area contributed by atoms with Crippen molar-refractivity contribution in [3.8, 4) is 11.5 Å². The van der Waals surface area contributed by atoms with Gasteiger partial charge in [-0.2, -0.15) is 0 Å². The van der Waals surface area contributed by atoms with Gasteiger partial charge in [-0.05, 0) is 42.0 Å². The summed E-state index contributed by atoms with van der Waals surface area (Å²) in [5.74, 6) is 1.60. The molecule has 0 saturated heterocycles. The van der Waals surface area contributed by atoms with Gasteiger partial charge >= 0.3 is 0 Å². The standard InChI is InChI=1S/C17H15NO3/c1-20-14-5-2-12(3-6-14)11-21-15-7-8-16-13(10-15)4-9-17(19)18-16/h2-10H,11H2,1H3,(H,18,19). The number of H-pyrrole nitrogens is 1. The molecule has 21 heavy (non-hydrogen) atoms. The number of hydrogen-bond donors (Lipinski definition) is 1. The minimum absolute atomic E-state index is 0.102. The molecule has 3 aromatic rings. The van der Waals surface area contributed by atoms with Crippen LogP contribution in [0.15, 0.2) is 59.4 Å². The highest BCUT2D eigenvalue weighted by Gasteiger charge is 2.00. The van der Waals surface area contributed by atoms with Crippen LogP contribution in [0.4, 0.5) is 0 Å². The first-order valence-corrected chi connectivity index (χ1v) is 6.63. The summed E-state index contributed by atoms with van der Waals surface area (Å²) < 4.78 is 10.9. The average molecular weight is 281 g/mol. The number of fused-ring (bicyclic) bond motifs is 1. The summed E-state index contributed by atoms with van der Waals surface area (Å²) in [7, 11) is 1.64. The topological polar surface area (TPSA) is 51.3 Å². The van der Waals surface area contributed by atoms with E-state index < -0.39 is 0 Å². The highest BCUT2D eigenvalue weighted by molar-refractivity contribution is 5.79. The number of hydrogen-bond acceptors (Lipinski definition) is 3. The Morgan fingerprint density at radius 1 is 0.952 bits per heavy atom. The van der Waals surface area contributed by atoms with Crippen LogP contribution in [-0.2, 0) is 6.61 Å². The van der Waals surface area contributed by atoms with Gasteiger partial charge in [0.1, 0.15) is 18.1 Å². The molecule has 0 aliphatic heterocycles. The fourth-order valence-electron chi connectivity index (χ4n) is 2.11. The van der Waals surface area contributed by atoms with Gasteiger partial charge in [-0.1, -0.05) is 12.1 Å². The first-order chi connectivity index (χ1) is 10.2. The molecule has 0 aliphatic carbocycles. The van der Waals surface area contributed by atoms with Gasteiger partial charge in [0.05, 0.1) is 7.11 Å². The summed E-state index contributed by atoms with van der Waals surface area (Å²) in [5.41, 5.74) is 1.77. The van der Waals surface area contributed by atoms with E-state index in [0.717, 1.165) is 28.0 Å². The van der Waals surface area contributed by atoms with Crippen molar-refractivity contribution in [1.29, 1.82) is 0 Å². The van der Waals surface area contributed by atoms with E-state index in [1.54, 1.807) is 13.2 Å². The van der Waals surface area contributed by atoms with Crippen molar-refractivity contribution in [2.24, 2.45) is 0 Å². The minimum atomic E-state index is -0.102. The molecule has 1 N–H and O–H groups in total. The molecule has 0 aliphatic rings. The van der Waals surface area contributed by atoms with Crippen LogP contribution in [-0.4, -0.2) is 12.1 Å². The van der Waals surface area contributed by atoms with Crippen LogP contribution in [0.5, 0.6) is 11.5 Å². The Kier molecular flexibility index (Phi) is 3.60. The van der Waals surface area contributed by atoms with Crippen molar-refractivity contribution in [3.63, 3.8) is 0 Å². The molecule has 0 radical (unpaired) electrons. The van der Waals surface area contributed by atoms with Gasteiger partial charge < -0.3 is 14.5 Å². The zero-order valence-corrected chi connectivity index (χ0v) is 11.6. The summed E-state index contributed by atoms with van der Waals surface area (Å²) in [6, 6.07) is 16.7. The molecule has 4 nitrogen and oxygen atoms in total. The molecule has 2 aromatic carbocycles. The molecule has 0 spiro atoms. The van der Waals surface area contributed by atoms with E-state index in [4.69, 9.17) is 9.47 Å². The lowest BCUT2D eigenvalue weighted by atomic mass is 10.2. The van der Waals surface area contributed by atoms with E-state index in [0.29, 0.717) is 6.61 Å². The molecule has 0 atom stereocenters. The van der Waals surface area contributed by atoms with E-state index >= 15 is 0 Å². The summed E-state index contributed by atoms with van der Waals surface area (Å²) in [6.07, 6.45) is 0. The van der Waals surface area contributed by atoms with Crippen molar-refractivity contribution in [2.45, 2.75) is 6.61 Å². The quantitative estimate of drug-likeness (QED) is 0.799. The predicted octanol–water partition coefficient (Wildman–Crippen LogP) is 3.12. The van der Waals surface area contributed by atoms with E-state index in [1.165, 1.54) is 6.07 Å². The largest absolute Gasteiger partial charge is 0.497 e. The van der Waals surface area contributed by atoms with Crippen LogP contribution < -0.4 is 15.0 Å². The third kappa shape index (κ3) is 3.05. The molecular weight excluding hydrogens is 266 g/mol.